The second-order valence-electron chi connectivity index (χ2n) is 2.40. The Bertz CT molecular complexity index is 225. The van der Waals surface area contributed by atoms with Crippen LogP contribution in [0.3, 0.4) is 0 Å². The summed E-state index contributed by atoms with van der Waals surface area (Å²) in [7, 11) is 0. The van der Waals surface area contributed by atoms with Crippen LogP contribution in [0.2, 0.25) is 5.02 Å². The van der Waals surface area contributed by atoms with Gasteiger partial charge in [0.1, 0.15) is 0 Å². The van der Waals surface area contributed by atoms with E-state index in [2.05, 4.69) is 4.98 Å². The van der Waals surface area contributed by atoms with E-state index in [0.29, 0.717) is 11.6 Å². The summed E-state index contributed by atoms with van der Waals surface area (Å²) in [5.41, 5.74) is 6.52. The fourth-order valence-corrected chi connectivity index (χ4v) is 1.10. The van der Waals surface area contributed by atoms with Crippen molar-refractivity contribution in [2.45, 2.75) is 12.8 Å². The van der Waals surface area contributed by atoms with Crippen LogP contribution >= 0.6 is 11.6 Å². The van der Waals surface area contributed by atoms with E-state index < -0.39 is 0 Å². The van der Waals surface area contributed by atoms with Crippen molar-refractivity contribution in [2.24, 2.45) is 5.73 Å². The van der Waals surface area contributed by atoms with Crippen LogP contribution in [0, 0.1) is 0 Å². The van der Waals surface area contributed by atoms with Crippen LogP contribution in [-0.4, -0.2) is 11.5 Å². The summed E-state index contributed by atoms with van der Waals surface area (Å²) in [6, 6.07) is 1.92. The zero-order chi connectivity index (χ0) is 8.10. The van der Waals surface area contributed by atoms with Gasteiger partial charge in [0.05, 0.1) is 5.02 Å². The average Bonchev–Trinajstić information content (AvgIpc) is 2.01. The molecule has 0 bridgehead atoms. The Morgan fingerprint density at radius 3 is 2.91 bits per heavy atom. The Morgan fingerprint density at radius 2 is 2.27 bits per heavy atom. The zero-order valence-electron chi connectivity index (χ0n) is 6.26. The Labute approximate surface area is 71.4 Å². The monoisotopic (exact) mass is 170 g/mol. The first kappa shape index (κ1) is 8.50. The first-order valence-corrected chi connectivity index (χ1v) is 4.00. The summed E-state index contributed by atoms with van der Waals surface area (Å²) in [5.74, 6) is 0. The molecule has 1 aromatic rings. The standard InChI is InChI=1S/C8H11ClN2/c9-8-4-7(2-1-3-10)5-11-6-8/h4-6H,1-3,10H2. The van der Waals surface area contributed by atoms with E-state index in [1.165, 1.54) is 0 Å². The molecule has 1 heterocycles. The lowest BCUT2D eigenvalue weighted by atomic mass is 10.2. The highest BCUT2D eigenvalue weighted by Gasteiger charge is 1.93. The Hall–Kier alpha value is -0.600. The topological polar surface area (TPSA) is 38.9 Å². The van der Waals surface area contributed by atoms with Crippen LogP contribution in [0.5, 0.6) is 0 Å². The highest BCUT2D eigenvalue weighted by Crippen LogP contribution is 2.09. The van der Waals surface area contributed by atoms with Crippen LogP contribution in [0.4, 0.5) is 0 Å². The quantitative estimate of drug-likeness (QED) is 0.749. The highest BCUT2D eigenvalue weighted by atomic mass is 35.5. The van der Waals surface area contributed by atoms with Crippen LogP contribution in [0.25, 0.3) is 0 Å². The molecule has 0 aliphatic heterocycles. The number of rotatable bonds is 3. The molecule has 3 heteroatoms. The maximum atomic E-state index is 5.73. The van der Waals surface area contributed by atoms with Gasteiger partial charge in [-0.2, -0.15) is 0 Å². The molecule has 60 valence electrons. The molecule has 0 amide bonds. The lowest BCUT2D eigenvalue weighted by Crippen LogP contribution is -2.00. The summed E-state index contributed by atoms with van der Waals surface area (Å²) in [4.78, 5) is 3.96. The molecule has 0 radical (unpaired) electrons. The molecule has 1 rings (SSSR count). The van der Waals surface area contributed by atoms with Crippen molar-refractivity contribution >= 4 is 11.6 Å². The number of hydrogen-bond acceptors (Lipinski definition) is 2. The number of pyridine rings is 1. The molecule has 0 unspecified atom stereocenters. The first-order valence-electron chi connectivity index (χ1n) is 3.62. The lowest BCUT2D eigenvalue weighted by molar-refractivity contribution is 0.829. The summed E-state index contributed by atoms with van der Waals surface area (Å²) in [6.07, 6.45) is 5.40. The minimum Gasteiger partial charge on any atom is -0.330 e. The normalized spacial score (nSPS) is 10.0. The van der Waals surface area contributed by atoms with Gasteiger partial charge in [-0.3, -0.25) is 4.98 Å². The molecule has 0 spiro atoms. The summed E-state index contributed by atoms with van der Waals surface area (Å²) in [6.45, 7) is 0.715. The lowest BCUT2D eigenvalue weighted by Gasteiger charge is -1.98. The smallest absolute Gasteiger partial charge is 0.0592 e. The number of aryl methyl sites for hydroxylation is 1. The van der Waals surface area contributed by atoms with Gasteiger partial charge in [0.2, 0.25) is 0 Å². The fraction of sp³-hybridized carbons (Fsp3) is 0.375. The number of nitrogens with two attached hydrogens (primary N) is 1. The molecule has 11 heavy (non-hydrogen) atoms. The molecule has 2 N–H and O–H groups in total. The average molecular weight is 171 g/mol. The number of halogens is 1. The molecular weight excluding hydrogens is 160 g/mol. The van der Waals surface area contributed by atoms with Crippen molar-refractivity contribution < 1.29 is 0 Å². The van der Waals surface area contributed by atoms with Gasteiger partial charge < -0.3 is 5.73 Å². The van der Waals surface area contributed by atoms with Gasteiger partial charge in [-0.1, -0.05) is 11.6 Å². The van der Waals surface area contributed by atoms with E-state index in [1.54, 1.807) is 6.20 Å². The third-order valence-corrected chi connectivity index (χ3v) is 1.64. The third kappa shape index (κ3) is 2.87. The van der Waals surface area contributed by atoms with Gasteiger partial charge in [0.25, 0.3) is 0 Å². The Kier molecular flexibility index (Phi) is 3.33. The van der Waals surface area contributed by atoms with E-state index in [0.717, 1.165) is 18.4 Å². The van der Waals surface area contributed by atoms with Gasteiger partial charge in [0, 0.05) is 12.4 Å². The van der Waals surface area contributed by atoms with E-state index in [9.17, 15) is 0 Å². The van der Waals surface area contributed by atoms with E-state index in [1.807, 2.05) is 12.3 Å². The van der Waals surface area contributed by atoms with Crippen LogP contribution < -0.4 is 5.73 Å². The highest BCUT2D eigenvalue weighted by molar-refractivity contribution is 6.30. The summed E-state index contributed by atoms with van der Waals surface area (Å²) < 4.78 is 0. The minimum absolute atomic E-state index is 0.694. The first-order chi connectivity index (χ1) is 5.33. The van der Waals surface area contributed by atoms with Crippen molar-refractivity contribution in [3.8, 4) is 0 Å². The van der Waals surface area contributed by atoms with E-state index >= 15 is 0 Å². The Morgan fingerprint density at radius 1 is 1.45 bits per heavy atom. The predicted molar refractivity (Wildman–Crippen MR) is 46.6 cm³/mol. The molecule has 0 saturated heterocycles. The van der Waals surface area contributed by atoms with Crippen molar-refractivity contribution in [3.05, 3.63) is 29.0 Å². The van der Waals surface area contributed by atoms with Gasteiger partial charge in [0.15, 0.2) is 0 Å². The summed E-state index contributed by atoms with van der Waals surface area (Å²) >= 11 is 5.73. The van der Waals surface area contributed by atoms with Crippen molar-refractivity contribution in [2.75, 3.05) is 6.54 Å². The number of aromatic nitrogens is 1. The van der Waals surface area contributed by atoms with Gasteiger partial charge in [-0.05, 0) is 31.0 Å². The molecule has 0 fully saturated rings. The van der Waals surface area contributed by atoms with Crippen LogP contribution in [-0.2, 0) is 6.42 Å². The van der Waals surface area contributed by atoms with Crippen LogP contribution in [0.15, 0.2) is 18.5 Å². The molecule has 0 aromatic carbocycles. The Balaban J connectivity index is 2.56. The molecule has 1 aromatic heterocycles. The molecule has 0 saturated carbocycles. The third-order valence-electron chi connectivity index (χ3n) is 1.43. The number of nitrogens with zero attached hydrogens (tertiary/aromatic N) is 1. The number of hydrogen-bond donors (Lipinski definition) is 1. The SMILES string of the molecule is NCCCc1cncc(Cl)c1. The van der Waals surface area contributed by atoms with Gasteiger partial charge >= 0.3 is 0 Å². The molecule has 0 aliphatic carbocycles. The van der Waals surface area contributed by atoms with Crippen molar-refractivity contribution in [1.29, 1.82) is 0 Å². The molecular formula is C8H11ClN2. The molecule has 0 aliphatic rings. The van der Waals surface area contributed by atoms with Crippen molar-refractivity contribution in [3.63, 3.8) is 0 Å². The zero-order valence-corrected chi connectivity index (χ0v) is 7.01. The maximum absolute atomic E-state index is 5.73. The van der Waals surface area contributed by atoms with Crippen molar-refractivity contribution in [1.82, 2.24) is 4.98 Å². The molecule has 2 nitrogen and oxygen atoms in total. The molecule has 0 atom stereocenters. The largest absolute Gasteiger partial charge is 0.330 e. The second kappa shape index (κ2) is 4.31. The second-order valence-corrected chi connectivity index (χ2v) is 2.84. The van der Waals surface area contributed by atoms with E-state index in [-0.39, 0.29) is 0 Å². The predicted octanol–water partition coefficient (Wildman–Crippen LogP) is 1.63. The van der Waals surface area contributed by atoms with Gasteiger partial charge in [-0.25, -0.2) is 0 Å². The maximum Gasteiger partial charge on any atom is 0.0592 e. The fourth-order valence-electron chi connectivity index (χ4n) is 0.899. The summed E-state index contributed by atoms with van der Waals surface area (Å²) in [5, 5.41) is 0.694. The minimum atomic E-state index is 0.694. The van der Waals surface area contributed by atoms with Crippen LogP contribution in [0.1, 0.15) is 12.0 Å². The van der Waals surface area contributed by atoms with Gasteiger partial charge in [-0.15, -0.1) is 0 Å². The van der Waals surface area contributed by atoms with E-state index in [4.69, 9.17) is 17.3 Å².